The van der Waals surface area contributed by atoms with E-state index in [9.17, 15) is 43.8 Å². The summed E-state index contributed by atoms with van der Waals surface area (Å²) < 4.78 is 0. The van der Waals surface area contributed by atoms with E-state index in [1.54, 1.807) is 0 Å². The standard InChI is InChI=1S/C25H44N10O9/c26-8-2-1-5-13(27)23(42)35-10-4-7-17(35)22(41)34-16(12-19(37)38)21(40)33-15(11-18(28)36)20(39)32-14(24(43)44)6-3-9-31-25(29)30/h13-17H,1-12,26-27H2,(H2,28,36)(H,32,39)(H,33,40)(H,34,41)(H,37,38)(H,43,44)(H4,29,30,31)/t13-,14-,15-,16-,17-/m0/s1. The third kappa shape index (κ3) is 13.2. The van der Waals surface area contributed by atoms with Gasteiger partial charge in [0.15, 0.2) is 5.96 Å². The summed E-state index contributed by atoms with van der Waals surface area (Å²) in [6, 6.07) is -6.79. The molecule has 19 heteroatoms. The largest absolute Gasteiger partial charge is 0.481 e. The lowest BCUT2D eigenvalue weighted by molar-refractivity contribution is -0.144. The van der Waals surface area contributed by atoms with Crippen LogP contribution in [0.4, 0.5) is 0 Å². The predicted molar refractivity (Wildman–Crippen MR) is 154 cm³/mol. The highest BCUT2D eigenvalue weighted by atomic mass is 16.4. The van der Waals surface area contributed by atoms with Gasteiger partial charge in [-0.05, 0) is 45.1 Å². The van der Waals surface area contributed by atoms with Crippen molar-refractivity contribution < 1.29 is 43.8 Å². The number of hydrogen-bond acceptors (Lipinski definition) is 10. The summed E-state index contributed by atoms with van der Waals surface area (Å²) in [6.07, 6.45) is 0.719. The van der Waals surface area contributed by atoms with Crippen LogP contribution < -0.4 is 44.2 Å². The molecule has 0 aromatic carbocycles. The molecule has 248 valence electrons. The molecule has 15 N–H and O–H groups in total. The summed E-state index contributed by atoms with van der Waals surface area (Å²) in [5, 5.41) is 35.1. The fourth-order valence-corrected chi connectivity index (χ4v) is 4.54. The molecule has 1 aliphatic rings. The average Bonchev–Trinajstić information content (AvgIpc) is 3.42. The van der Waals surface area contributed by atoms with Crippen LogP contribution in [0.1, 0.15) is 57.8 Å². The highest BCUT2D eigenvalue weighted by Gasteiger charge is 2.38. The summed E-state index contributed by atoms with van der Waals surface area (Å²) in [5.74, 6) is -7.81. The lowest BCUT2D eigenvalue weighted by atomic mass is 10.1. The van der Waals surface area contributed by atoms with Gasteiger partial charge in [0.05, 0.1) is 18.9 Å². The van der Waals surface area contributed by atoms with Crippen molar-refractivity contribution in [2.24, 2.45) is 22.9 Å². The molecule has 44 heavy (non-hydrogen) atoms. The predicted octanol–water partition coefficient (Wildman–Crippen LogP) is -4.41. The number of nitrogens with zero attached hydrogens (tertiary/aromatic N) is 1. The number of nitrogens with two attached hydrogens (primary N) is 4. The molecule has 1 aliphatic heterocycles. The first-order valence-electron chi connectivity index (χ1n) is 14.2. The van der Waals surface area contributed by atoms with Crippen LogP contribution in [0.15, 0.2) is 0 Å². The van der Waals surface area contributed by atoms with E-state index >= 15 is 0 Å². The molecule has 0 unspecified atom stereocenters. The number of nitrogens with one attached hydrogen (secondary N) is 5. The van der Waals surface area contributed by atoms with Gasteiger partial charge in [0.1, 0.15) is 24.2 Å². The lowest BCUT2D eigenvalue weighted by Crippen LogP contribution is -2.59. The number of carbonyl (C=O) groups excluding carboxylic acids is 5. The molecule has 5 atom stereocenters. The fourth-order valence-electron chi connectivity index (χ4n) is 4.54. The Morgan fingerprint density at radius 1 is 0.864 bits per heavy atom. The number of likely N-dealkylation sites (tertiary alicyclic amines) is 1. The van der Waals surface area contributed by atoms with Crippen LogP contribution in [0.5, 0.6) is 0 Å². The molecule has 0 radical (unpaired) electrons. The number of primary amides is 1. The minimum absolute atomic E-state index is 0.108. The van der Waals surface area contributed by atoms with Crippen LogP contribution in [0.25, 0.3) is 0 Å². The van der Waals surface area contributed by atoms with E-state index in [1.165, 1.54) is 4.90 Å². The van der Waals surface area contributed by atoms with Gasteiger partial charge >= 0.3 is 11.9 Å². The third-order valence-corrected chi connectivity index (χ3v) is 6.77. The van der Waals surface area contributed by atoms with E-state index in [4.69, 9.17) is 28.3 Å². The normalized spacial score (nSPS) is 17.0. The van der Waals surface area contributed by atoms with E-state index in [-0.39, 0.29) is 38.3 Å². The molecular formula is C25H44N10O9. The highest BCUT2D eigenvalue weighted by molar-refractivity contribution is 5.98. The average molecular weight is 629 g/mol. The SMILES string of the molecule is N=C(N)NCCC[C@H](NC(=O)[C@H](CC(N)=O)NC(=O)[C@H](CC(=O)O)NC(=O)[C@@H]1CCCN1C(=O)[C@@H](N)CCCCN)C(=O)O. The summed E-state index contributed by atoms with van der Waals surface area (Å²) in [4.78, 5) is 88.1. The Labute approximate surface area is 253 Å². The maximum atomic E-state index is 13.1. The maximum Gasteiger partial charge on any atom is 0.326 e. The first-order chi connectivity index (χ1) is 20.7. The Balaban J connectivity index is 3.00. The molecule has 1 heterocycles. The number of carboxylic acids is 2. The van der Waals surface area contributed by atoms with Crippen LogP contribution in [0.3, 0.4) is 0 Å². The van der Waals surface area contributed by atoms with Crippen LogP contribution in [0, 0.1) is 5.41 Å². The van der Waals surface area contributed by atoms with Crippen molar-refractivity contribution >= 4 is 47.4 Å². The molecule has 0 aliphatic carbocycles. The molecule has 1 rings (SSSR count). The molecular weight excluding hydrogens is 584 g/mol. The Hall–Kier alpha value is -4.52. The van der Waals surface area contributed by atoms with Gasteiger partial charge in [-0.3, -0.25) is 34.2 Å². The number of carbonyl (C=O) groups is 7. The quantitative estimate of drug-likeness (QED) is 0.0345. The van der Waals surface area contributed by atoms with E-state index in [0.717, 1.165) is 0 Å². The Kier molecular flexibility index (Phi) is 16.1. The van der Waals surface area contributed by atoms with Gasteiger partial charge in [0.2, 0.25) is 29.5 Å². The molecule has 0 saturated carbocycles. The van der Waals surface area contributed by atoms with E-state index in [2.05, 4.69) is 21.3 Å². The second kappa shape index (κ2) is 18.9. The van der Waals surface area contributed by atoms with Crippen molar-refractivity contribution in [2.45, 2.75) is 88.0 Å². The van der Waals surface area contributed by atoms with Gasteiger partial charge in [-0.25, -0.2) is 4.79 Å². The van der Waals surface area contributed by atoms with Crippen LogP contribution in [-0.2, 0) is 33.6 Å². The third-order valence-electron chi connectivity index (χ3n) is 6.77. The molecule has 0 spiro atoms. The smallest absolute Gasteiger partial charge is 0.326 e. The van der Waals surface area contributed by atoms with Crippen molar-refractivity contribution in [2.75, 3.05) is 19.6 Å². The number of aliphatic carboxylic acids is 2. The van der Waals surface area contributed by atoms with E-state index in [0.29, 0.717) is 32.2 Å². The molecule has 0 bridgehead atoms. The molecule has 19 nitrogen and oxygen atoms in total. The highest BCUT2D eigenvalue weighted by Crippen LogP contribution is 2.20. The molecule has 1 fully saturated rings. The van der Waals surface area contributed by atoms with Crippen LogP contribution >= 0.6 is 0 Å². The van der Waals surface area contributed by atoms with Gasteiger partial charge in [0.25, 0.3) is 0 Å². The number of rotatable bonds is 20. The van der Waals surface area contributed by atoms with Crippen molar-refractivity contribution in [1.82, 2.24) is 26.2 Å². The van der Waals surface area contributed by atoms with E-state index in [1.807, 2.05) is 0 Å². The summed E-state index contributed by atoms with van der Waals surface area (Å²) in [7, 11) is 0. The van der Waals surface area contributed by atoms with Crippen molar-refractivity contribution in [3.8, 4) is 0 Å². The molecule has 5 amide bonds. The minimum Gasteiger partial charge on any atom is -0.481 e. The van der Waals surface area contributed by atoms with Gasteiger partial charge in [-0.2, -0.15) is 0 Å². The first-order valence-corrected chi connectivity index (χ1v) is 14.2. The monoisotopic (exact) mass is 628 g/mol. The Morgan fingerprint density at radius 2 is 1.48 bits per heavy atom. The number of guanidine groups is 1. The van der Waals surface area contributed by atoms with Crippen molar-refractivity contribution in [3.05, 3.63) is 0 Å². The Morgan fingerprint density at radius 3 is 2.02 bits per heavy atom. The molecule has 0 aromatic rings. The zero-order chi connectivity index (χ0) is 33.4. The number of hydrogen-bond donors (Lipinski definition) is 11. The number of amides is 5. The van der Waals surface area contributed by atoms with Crippen molar-refractivity contribution in [1.29, 1.82) is 5.41 Å². The van der Waals surface area contributed by atoms with Gasteiger partial charge < -0.3 is 59.3 Å². The zero-order valence-corrected chi connectivity index (χ0v) is 24.4. The van der Waals surface area contributed by atoms with Crippen LogP contribution in [0.2, 0.25) is 0 Å². The fraction of sp³-hybridized carbons (Fsp3) is 0.680. The van der Waals surface area contributed by atoms with Gasteiger partial charge in [-0.1, -0.05) is 6.42 Å². The number of unbranched alkanes of at least 4 members (excludes halogenated alkanes) is 1. The Bertz CT molecular complexity index is 1070. The van der Waals surface area contributed by atoms with Crippen LogP contribution in [-0.4, -0.2) is 112 Å². The minimum atomic E-state index is -1.73. The van der Waals surface area contributed by atoms with Gasteiger partial charge in [-0.15, -0.1) is 0 Å². The second-order valence-corrected chi connectivity index (χ2v) is 10.4. The summed E-state index contributed by atoms with van der Waals surface area (Å²) in [5.41, 5.74) is 21.8. The number of carboxylic acid groups (broad SMARTS) is 2. The van der Waals surface area contributed by atoms with E-state index < -0.39 is 84.5 Å². The second-order valence-electron chi connectivity index (χ2n) is 10.4. The van der Waals surface area contributed by atoms with Gasteiger partial charge in [0, 0.05) is 13.1 Å². The summed E-state index contributed by atoms with van der Waals surface area (Å²) >= 11 is 0. The zero-order valence-electron chi connectivity index (χ0n) is 24.4. The lowest BCUT2D eigenvalue weighted by Gasteiger charge is -2.28. The maximum absolute atomic E-state index is 13.1. The molecule has 1 saturated heterocycles. The summed E-state index contributed by atoms with van der Waals surface area (Å²) in [6.45, 7) is 0.801. The van der Waals surface area contributed by atoms with Crippen molar-refractivity contribution in [3.63, 3.8) is 0 Å². The molecule has 0 aromatic heterocycles. The first kappa shape index (κ1) is 37.5. The topological polar surface area (TPSA) is 339 Å².